The molecule has 0 aromatic heterocycles. The Morgan fingerprint density at radius 2 is 2.13 bits per heavy atom. The number of rotatable bonds is 4. The molecule has 1 fully saturated rings. The van der Waals surface area contributed by atoms with Gasteiger partial charge in [-0.1, -0.05) is 0 Å². The lowest BCUT2D eigenvalue weighted by Crippen LogP contribution is -2.36. The summed E-state index contributed by atoms with van der Waals surface area (Å²) < 4.78 is 16.4. The fraction of sp³-hybridized carbons (Fsp3) is 0.500. The van der Waals surface area contributed by atoms with Crippen LogP contribution < -0.4 is 14.2 Å². The summed E-state index contributed by atoms with van der Waals surface area (Å²) in [7, 11) is 1.50. The minimum atomic E-state index is -0.894. The van der Waals surface area contributed by atoms with Crippen molar-refractivity contribution in [3.8, 4) is 17.2 Å². The van der Waals surface area contributed by atoms with Crippen LogP contribution in [0, 0.1) is 0 Å². The van der Waals surface area contributed by atoms with Crippen LogP contribution >= 0.6 is 0 Å². The lowest BCUT2D eigenvalue weighted by Gasteiger charge is -2.25. The van der Waals surface area contributed by atoms with Crippen molar-refractivity contribution < 1.29 is 28.9 Å². The van der Waals surface area contributed by atoms with E-state index >= 15 is 0 Å². The second-order valence-corrected chi connectivity index (χ2v) is 5.60. The molecule has 2 heterocycles. The quantitative estimate of drug-likeness (QED) is 0.905. The summed E-state index contributed by atoms with van der Waals surface area (Å²) in [6, 6.07) is 2.99. The molecule has 0 bridgehead atoms. The largest absolute Gasteiger partial charge is 0.493 e. The van der Waals surface area contributed by atoms with Crippen LogP contribution in [0.5, 0.6) is 17.2 Å². The molecule has 3 rings (SSSR count). The van der Waals surface area contributed by atoms with Gasteiger partial charge in [0.15, 0.2) is 11.5 Å². The molecule has 124 valence electrons. The van der Waals surface area contributed by atoms with Crippen molar-refractivity contribution in [2.45, 2.75) is 25.3 Å². The van der Waals surface area contributed by atoms with Gasteiger partial charge in [0.2, 0.25) is 5.75 Å². The lowest BCUT2D eigenvalue weighted by molar-refractivity contribution is -0.137. The first kappa shape index (κ1) is 15.5. The molecule has 0 radical (unpaired) electrons. The Morgan fingerprint density at radius 1 is 1.35 bits per heavy atom. The van der Waals surface area contributed by atoms with E-state index in [0.717, 1.165) is 6.42 Å². The third-order valence-electron chi connectivity index (χ3n) is 4.12. The molecule has 1 aromatic carbocycles. The standard InChI is InChI=1S/C16H19NO6/c1-21-12-7-10(8-13-15(12)23-6-5-22-13)16(20)17-4-2-3-11(17)9-14(18)19/h7-8,11H,2-6,9H2,1H3,(H,18,19). The number of carbonyl (C=O) groups excluding carboxylic acids is 1. The highest BCUT2D eigenvalue weighted by atomic mass is 16.6. The van der Waals surface area contributed by atoms with Gasteiger partial charge in [-0.05, 0) is 25.0 Å². The second-order valence-electron chi connectivity index (χ2n) is 5.60. The molecule has 1 N–H and O–H groups in total. The Hall–Kier alpha value is -2.44. The van der Waals surface area contributed by atoms with E-state index in [0.29, 0.717) is 49.0 Å². The number of hydrogen-bond acceptors (Lipinski definition) is 5. The second kappa shape index (κ2) is 6.36. The van der Waals surface area contributed by atoms with Gasteiger partial charge in [0.1, 0.15) is 13.2 Å². The maximum Gasteiger partial charge on any atom is 0.305 e. The molecule has 23 heavy (non-hydrogen) atoms. The molecule has 2 aliphatic rings. The average molecular weight is 321 g/mol. The maximum absolute atomic E-state index is 12.8. The monoisotopic (exact) mass is 321 g/mol. The number of carboxylic acids is 1. The minimum absolute atomic E-state index is 0.0343. The van der Waals surface area contributed by atoms with Gasteiger partial charge in [0, 0.05) is 18.2 Å². The number of fused-ring (bicyclic) bond motifs is 1. The van der Waals surface area contributed by atoms with Crippen molar-refractivity contribution >= 4 is 11.9 Å². The Kier molecular flexibility index (Phi) is 4.27. The van der Waals surface area contributed by atoms with E-state index < -0.39 is 5.97 Å². The molecule has 0 spiro atoms. The Bertz CT molecular complexity index is 612. The van der Waals surface area contributed by atoms with E-state index in [4.69, 9.17) is 19.3 Å². The highest BCUT2D eigenvalue weighted by molar-refractivity contribution is 5.96. The first-order valence-electron chi connectivity index (χ1n) is 7.60. The number of likely N-dealkylation sites (tertiary alicyclic amines) is 1. The third kappa shape index (κ3) is 3.04. The number of carboxylic acid groups (broad SMARTS) is 1. The topological polar surface area (TPSA) is 85.3 Å². The lowest BCUT2D eigenvalue weighted by atomic mass is 10.1. The fourth-order valence-corrected chi connectivity index (χ4v) is 3.08. The molecular formula is C16H19NO6. The van der Waals surface area contributed by atoms with Crippen molar-refractivity contribution in [2.24, 2.45) is 0 Å². The molecule has 1 saturated heterocycles. The predicted octanol–water partition coefficient (Wildman–Crippen LogP) is 1.55. The molecule has 0 saturated carbocycles. The smallest absolute Gasteiger partial charge is 0.305 e. The van der Waals surface area contributed by atoms with Crippen LogP contribution in [0.25, 0.3) is 0 Å². The minimum Gasteiger partial charge on any atom is -0.493 e. The van der Waals surface area contributed by atoms with Crippen LogP contribution in [-0.4, -0.2) is 54.8 Å². The number of nitrogens with zero attached hydrogens (tertiary/aromatic N) is 1. The zero-order chi connectivity index (χ0) is 16.4. The van der Waals surface area contributed by atoms with Gasteiger partial charge in [0.25, 0.3) is 5.91 Å². The summed E-state index contributed by atoms with van der Waals surface area (Å²) >= 11 is 0. The summed E-state index contributed by atoms with van der Waals surface area (Å²) in [6.07, 6.45) is 1.48. The average Bonchev–Trinajstić information content (AvgIpc) is 3.00. The molecule has 1 amide bonds. The van der Waals surface area contributed by atoms with E-state index in [-0.39, 0.29) is 18.4 Å². The predicted molar refractivity (Wildman–Crippen MR) is 80.3 cm³/mol. The Balaban J connectivity index is 1.88. The molecule has 2 aliphatic heterocycles. The van der Waals surface area contributed by atoms with Crippen LogP contribution in [-0.2, 0) is 4.79 Å². The van der Waals surface area contributed by atoms with Crippen LogP contribution in [0.1, 0.15) is 29.6 Å². The number of amides is 1. The van der Waals surface area contributed by atoms with Gasteiger partial charge in [-0.2, -0.15) is 0 Å². The summed E-state index contributed by atoms with van der Waals surface area (Å²) in [5, 5.41) is 8.99. The van der Waals surface area contributed by atoms with E-state index in [2.05, 4.69) is 0 Å². The van der Waals surface area contributed by atoms with Gasteiger partial charge in [-0.15, -0.1) is 0 Å². The number of hydrogen-bond donors (Lipinski definition) is 1. The van der Waals surface area contributed by atoms with Crippen LogP contribution in [0.3, 0.4) is 0 Å². The summed E-state index contributed by atoms with van der Waals surface area (Å²) in [5.41, 5.74) is 0.420. The molecule has 7 heteroatoms. The molecule has 1 aromatic rings. The number of benzene rings is 1. The van der Waals surface area contributed by atoms with Crippen LogP contribution in [0.4, 0.5) is 0 Å². The van der Waals surface area contributed by atoms with E-state index in [1.807, 2.05) is 0 Å². The van der Waals surface area contributed by atoms with E-state index in [9.17, 15) is 9.59 Å². The summed E-state index contributed by atoms with van der Waals surface area (Å²) in [5.74, 6) is 0.324. The number of aliphatic carboxylic acids is 1. The van der Waals surface area contributed by atoms with Crippen LogP contribution in [0.15, 0.2) is 12.1 Å². The molecule has 1 atom stereocenters. The van der Waals surface area contributed by atoms with Gasteiger partial charge in [-0.3, -0.25) is 9.59 Å². The number of ether oxygens (including phenoxy) is 3. The Morgan fingerprint density at radius 3 is 2.87 bits per heavy atom. The molecule has 0 aliphatic carbocycles. The van der Waals surface area contributed by atoms with Crippen molar-refractivity contribution in [1.29, 1.82) is 0 Å². The van der Waals surface area contributed by atoms with Crippen molar-refractivity contribution in [2.75, 3.05) is 26.9 Å². The first-order valence-corrected chi connectivity index (χ1v) is 7.60. The van der Waals surface area contributed by atoms with Gasteiger partial charge >= 0.3 is 5.97 Å². The number of methoxy groups -OCH3 is 1. The van der Waals surface area contributed by atoms with Crippen molar-refractivity contribution in [3.05, 3.63) is 17.7 Å². The van der Waals surface area contributed by atoms with Gasteiger partial charge in [0.05, 0.1) is 13.5 Å². The van der Waals surface area contributed by atoms with Gasteiger partial charge < -0.3 is 24.2 Å². The fourth-order valence-electron chi connectivity index (χ4n) is 3.08. The Labute approximate surface area is 133 Å². The third-order valence-corrected chi connectivity index (χ3v) is 4.12. The zero-order valence-corrected chi connectivity index (χ0v) is 12.9. The molecule has 1 unspecified atom stereocenters. The van der Waals surface area contributed by atoms with E-state index in [1.165, 1.54) is 7.11 Å². The first-order chi connectivity index (χ1) is 11.1. The molecular weight excluding hydrogens is 302 g/mol. The van der Waals surface area contributed by atoms with Gasteiger partial charge in [-0.25, -0.2) is 0 Å². The summed E-state index contributed by atoms with van der Waals surface area (Å²) in [6.45, 7) is 1.41. The van der Waals surface area contributed by atoms with E-state index in [1.54, 1.807) is 17.0 Å². The maximum atomic E-state index is 12.8. The number of carbonyl (C=O) groups is 2. The SMILES string of the molecule is COc1cc(C(=O)N2CCCC2CC(=O)O)cc2c1OCCO2. The molecule has 7 nitrogen and oxygen atoms in total. The van der Waals surface area contributed by atoms with Crippen molar-refractivity contribution in [3.63, 3.8) is 0 Å². The zero-order valence-electron chi connectivity index (χ0n) is 12.9. The normalized spacial score (nSPS) is 19.5. The van der Waals surface area contributed by atoms with Crippen molar-refractivity contribution in [1.82, 2.24) is 4.90 Å². The van der Waals surface area contributed by atoms with Crippen LogP contribution in [0.2, 0.25) is 0 Å². The highest BCUT2D eigenvalue weighted by Gasteiger charge is 2.32. The highest BCUT2D eigenvalue weighted by Crippen LogP contribution is 2.41. The summed E-state index contributed by atoms with van der Waals surface area (Å²) in [4.78, 5) is 25.4.